The number of ether oxygens (including phenoxy) is 1. The highest BCUT2D eigenvalue weighted by atomic mass is 35.5. The van der Waals surface area contributed by atoms with Crippen molar-refractivity contribution >= 4 is 23.5 Å². The molecule has 0 spiro atoms. The lowest BCUT2D eigenvalue weighted by atomic mass is 9.95. The van der Waals surface area contributed by atoms with E-state index in [-0.39, 0.29) is 17.9 Å². The second-order valence-electron chi connectivity index (χ2n) is 7.88. The van der Waals surface area contributed by atoms with E-state index in [1.807, 2.05) is 53.4 Å². The molecule has 1 heterocycles. The van der Waals surface area contributed by atoms with Crippen molar-refractivity contribution < 1.29 is 14.3 Å². The van der Waals surface area contributed by atoms with Gasteiger partial charge in [0.2, 0.25) is 5.91 Å². The minimum atomic E-state index is -0.384. The quantitative estimate of drug-likeness (QED) is 0.569. The molecule has 0 aromatic heterocycles. The summed E-state index contributed by atoms with van der Waals surface area (Å²) >= 11 is 6.40. The zero-order valence-corrected chi connectivity index (χ0v) is 18.6. The largest absolute Gasteiger partial charge is 0.465 e. The van der Waals surface area contributed by atoms with E-state index in [9.17, 15) is 9.59 Å². The lowest BCUT2D eigenvalue weighted by Gasteiger charge is -2.31. The molecule has 0 saturated heterocycles. The zero-order valence-electron chi connectivity index (χ0n) is 17.9. The summed E-state index contributed by atoms with van der Waals surface area (Å²) < 4.78 is 4.77. The van der Waals surface area contributed by atoms with Crippen molar-refractivity contribution in [1.82, 2.24) is 10.2 Å². The van der Waals surface area contributed by atoms with Crippen LogP contribution in [-0.2, 0) is 35.6 Å². The molecule has 164 valence electrons. The molecule has 3 aromatic rings. The smallest absolute Gasteiger partial charge is 0.337 e. The summed E-state index contributed by atoms with van der Waals surface area (Å²) in [5.41, 5.74) is 4.72. The van der Waals surface area contributed by atoms with Gasteiger partial charge in [-0.3, -0.25) is 4.79 Å². The van der Waals surface area contributed by atoms with E-state index in [1.54, 1.807) is 12.1 Å². The van der Waals surface area contributed by atoms with Crippen LogP contribution in [0.25, 0.3) is 0 Å². The molecule has 0 fully saturated rings. The van der Waals surface area contributed by atoms with Gasteiger partial charge in [0, 0.05) is 24.7 Å². The standard InChI is InChI=1S/C26H25ClN2O3/c1-32-26(31)19-12-10-18(11-13-19)16-29(17-22-8-4-5-9-23(22)27)25(30)24-14-20-6-2-3-7-21(20)15-28-24/h2-13,24,28H,14-17H2,1H3. The van der Waals surface area contributed by atoms with Crippen molar-refractivity contribution in [2.45, 2.75) is 32.1 Å². The molecule has 1 unspecified atom stereocenters. The Bertz CT molecular complexity index is 1110. The SMILES string of the molecule is COC(=O)c1ccc(CN(Cc2ccccc2Cl)C(=O)C2Cc3ccccc3CN2)cc1. The van der Waals surface area contributed by atoms with Crippen LogP contribution in [0, 0.1) is 0 Å². The van der Waals surface area contributed by atoms with E-state index in [0.29, 0.717) is 36.6 Å². The normalized spacial score (nSPS) is 15.0. The average molecular weight is 449 g/mol. The van der Waals surface area contributed by atoms with Crippen LogP contribution in [0.4, 0.5) is 0 Å². The number of nitrogens with one attached hydrogen (secondary N) is 1. The maximum Gasteiger partial charge on any atom is 0.337 e. The minimum absolute atomic E-state index is 0.0245. The first-order valence-corrected chi connectivity index (χ1v) is 10.9. The van der Waals surface area contributed by atoms with Gasteiger partial charge >= 0.3 is 5.97 Å². The van der Waals surface area contributed by atoms with Gasteiger partial charge in [-0.15, -0.1) is 0 Å². The van der Waals surface area contributed by atoms with E-state index in [0.717, 1.165) is 11.1 Å². The van der Waals surface area contributed by atoms with Gasteiger partial charge in [-0.05, 0) is 46.9 Å². The molecule has 4 rings (SSSR count). The van der Waals surface area contributed by atoms with Crippen LogP contribution < -0.4 is 5.32 Å². The minimum Gasteiger partial charge on any atom is -0.465 e. The van der Waals surface area contributed by atoms with Crippen LogP contribution in [0.3, 0.4) is 0 Å². The number of benzene rings is 3. The van der Waals surface area contributed by atoms with Crippen molar-refractivity contribution in [2.24, 2.45) is 0 Å². The van der Waals surface area contributed by atoms with Gasteiger partial charge in [0.25, 0.3) is 0 Å². The fraction of sp³-hybridized carbons (Fsp3) is 0.231. The van der Waals surface area contributed by atoms with Crippen molar-refractivity contribution in [3.05, 3.63) is 106 Å². The van der Waals surface area contributed by atoms with Crippen molar-refractivity contribution in [1.29, 1.82) is 0 Å². The van der Waals surface area contributed by atoms with Crippen molar-refractivity contribution in [3.8, 4) is 0 Å². The highest BCUT2D eigenvalue weighted by molar-refractivity contribution is 6.31. The third-order valence-electron chi connectivity index (χ3n) is 5.76. The zero-order chi connectivity index (χ0) is 22.5. The van der Waals surface area contributed by atoms with E-state index in [1.165, 1.54) is 18.2 Å². The van der Waals surface area contributed by atoms with Crippen LogP contribution in [0.1, 0.15) is 32.6 Å². The number of halogens is 1. The maximum atomic E-state index is 13.6. The Balaban J connectivity index is 1.57. The monoisotopic (exact) mass is 448 g/mol. The predicted octanol–water partition coefficient (Wildman–Crippen LogP) is 4.37. The fourth-order valence-corrected chi connectivity index (χ4v) is 4.17. The van der Waals surface area contributed by atoms with Crippen molar-refractivity contribution in [3.63, 3.8) is 0 Å². The molecule has 1 amide bonds. The second kappa shape index (κ2) is 9.98. The first kappa shape index (κ1) is 22.1. The fourth-order valence-electron chi connectivity index (χ4n) is 3.98. The molecule has 0 bridgehead atoms. The summed E-state index contributed by atoms with van der Waals surface area (Å²) in [5, 5.41) is 4.02. The molecule has 3 aromatic carbocycles. The molecule has 5 nitrogen and oxygen atoms in total. The Morgan fingerprint density at radius 2 is 1.66 bits per heavy atom. The van der Waals surface area contributed by atoms with E-state index >= 15 is 0 Å². The molecule has 0 aliphatic carbocycles. The summed E-state index contributed by atoms with van der Waals surface area (Å²) in [6.45, 7) is 1.47. The van der Waals surface area contributed by atoms with Crippen molar-refractivity contribution in [2.75, 3.05) is 7.11 Å². The Hall–Kier alpha value is -3.15. The molecule has 32 heavy (non-hydrogen) atoms. The molecule has 6 heteroatoms. The summed E-state index contributed by atoms with van der Waals surface area (Å²) in [4.78, 5) is 27.1. The lowest BCUT2D eigenvalue weighted by molar-refractivity contribution is -0.135. The second-order valence-corrected chi connectivity index (χ2v) is 8.29. The maximum absolute atomic E-state index is 13.6. The first-order valence-electron chi connectivity index (χ1n) is 10.5. The number of esters is 1. The van der Waals surface area contributed by atoms with E-state index in [4.69, 9.17) is 16.3 Å². The number of fused-ring (bicyclic) bond motifs is 1. The highest BCUT2D eigenvalue weighted by Gasteiger charge is 2.28. The third-order valence-corrected chi connectivity index (χ3v) is 6.13. The Kier molecular flexibility index (Phi) is 6.88. The number of hydrogen-bond acceptors (Lipinski definition) is 4. The molecule has 1 N–H and O–H groups in total. The third kappa shape index (κ3) is 5.01. The number of methoxy groups -OCH3 is 1. The van der Waals surface area contributed by atoms with Gasteiger partial charge < -0.3 is 15.0 Å². The van der Waals surface area contributed by atoms with Gasteiger partial charge in [-0.1, -0.05) is 66.2 Å². The molecule has 0 saturated carbocycles. The van der Waals surface area contributed by atoms with Gasteiger partial charge in [-0.25, -0.2) is 4.79 Å². The van der Waals surface area contributed by atoms with E-state index in [2.05, 4.69) is 17.4 Å². The first-order chi connectivity index (χ1) is 15.5. The number of hydrogen-bond donors (Lipinski definition) is 1. The number of carbonyl (C=O) groups excluding carboxylic acids is 2. The number of nitrogens with zero attached hydrogens (tertiary/aromatic N) is 1. The highest BCUT2D eigenvalue weighted by Crippen LogP contribution is 2.22. The molecule has 0 radical (unpaired) electrons. The van der Waals surface area contributed by atoms with Gasteiger partial charge in [0.05, 0.1) is 18.7 Å². The van der Waals surface area contributed by atoms with Crippen LogP contribution >= 0.6 is 11.6 Å². The molecular formula is C26H25ClN2O3. The molecule has 1 atom stereocenters. The van der Waals surface area contributed by atoms with Gasteiger partial charge in [0.1, 0.15) is 0 Å². The molecular weight excluding hydrogens is 424 g/mol. The predicted molar refractivity (Wildman–Crippen MR) is 124 cm³/mol. The average Bonchev–Trinajstić information content (AvgIpc) is 2.84. The number of rotatable bonds is 6. The van der Waals surface area contributed by atoms with Crippen LogP contribution in [-0.4, -0.2) is 29.9 Å². The lowest BCUT2D eigenvalue weighted by Crippen LogP contribution is -2.49. The van der Waals surface area contributed by atoms with Crippen LogP contribution in [0.5, 0.6) is 0 Å². The summed E-state index contributed by atoms with van der Waals surface area (Å²) in [5.74, 6) is -0.359. The molecule has 1 aliphatic rings. The Morgan fingerprint density at radius 3 is 2.38 bits per heavy atom. The number of amides is 1. The summed E-state index contributed by atoms with van der Waals surface area (Å²) in [6.07, 6.45) is 0.648. The van der Waals surface area contributed by atoms with Gasteiger partial charge in [-0.2, -0.15) is 0 Å². The Labute approximate surface area is 193 Å². The number of carbonyl (C=O) groups is 2. The van der Waals surface area contributed by atoms with E-state index < -0.39 is 0 Å². The topological polar surface area (TPSA) is 58.6 Å². The van der Waals surface area contributed by atoms with Gasteiger partial charge in [0.15, 0.2) is 0 Å². The Morgan fingerprint density at radius 1 is 0.969 bits per heavy atom. The molecule has 1 aliphatic heterocycles. The van der Waals surface area contributed by atoms with Crippen LogP contribution in [0.2, 0.25) is 5.02 Å². The summed E-state index contributed by atoms with van der Waals surface area (Å²) in [7, 11) is 1.36. The van der Waals surface area contributed by atoms with Crippen LogP contribution in [0.15, 0.2) is 72.8 Å². The summed E-state index contributed by atoms with van der Waals surface area (Å²) in [6, 6.07) is 22.6.